The van der Waals surface area contributed by atoms with Crippen LogP contribution in [0, 0.1) is 6.92 Å². The number of hydrogen-bond donors (Lipinski definition) is 0. The highest BCUT2D eigenvalue weighted by molar-refractivity contribution is 5.98. The van der Waals surface area contributed by atoms with Crippen LogP contribution in [0.5, 0.6) is 17.2 Å². The number of aromatic nitrogens is 1. The fraction of sp³-hybridized carbons (Fsp3) is 0.160. The lowest BCUT2D eigenvalue weighted by Crippen LogP contribution is -2.13. The lowest BCUT2D eigenvalue weighted by atomic mass is 10.1. The highest BCUT2D eigenvalue weighted by Gasteiger charge is 2.26. The number of rotatable bonds is 4. The molecule has 4 aromatic rings. The number of halogens is 1. The van der Waals surface area contributed by atoms with E-state index in [2.05, 4.69) is 30.0 Å². The summed E-state index contributed by atoms with van der Waals surface area (Å²) < 4.78 is 11.4. The van der Waals surface area contributed by atoms with Crippen molar-refractivity contribution in [2.75, 3.05) is 18.6 Å². The van der Waals surface area contributed by atoms with Crippen LogP contribution in [-0.4, -0.2) is 18.6 Å². The minimum atomic E-state index is 0. The SMILES string of the molecule is COc1ccc2nc(C)c3c(c2c1)N(c1ccc(Oc2ccccc2)cc1)CC3.Cl. The van der Waals surface area contributed by atoms with Crippen molar-refractivity contribution in [2.24, 2.45) is 0 Å². The largest absolute Gasteiger partial charge is 0.497 e. The molecule has 0 bridgehead atoms. The van der Waals surface area contributed by atoms with Crippen LogP contribution in [0.2, 0.25) is 0 Å². The summed E-state index contributed by atoms with van der Waals surface area (Å²) in [6.07, 6.45) is 0.990. The van der Waals surface area contributed by atoms with E-state index < -0.39 is 0 Å². The van der Waals surface area contributed by atoms with Gasteiger partial charge in [-0.1, -0.05) is 18.2 Å². The number of pyridine rings is 1. The van der Waals surface area contributed by atoms with Crippen molar-refractivity contribution in [3.8, 4) is 17.2 Å². The molecular formula is C25H23ClN2O2. The van der Waals surface area contributed by atoms with E-state index >= 15 is 0 Å². The molecule has 3 aromatic carbocycles. The van der Waals surface area contributed by atoms with Crippen molar-refractivity contribution in [2.45, 2.75) is 13.3 Å². The maximum absolute atomic E-state index is 5.94. The van der Waals surface area contributed by atoms with Gasteiger partial charge in [-0.25, -0.2) is 0 Å². The molecular weight excluding hydrogens is 396 g/mol. The van der Waals surface area contributed by atoms with Crippen LogP contribution in [0.4, 0.5) is 11.4 Å². The molecule has 152 valence electrons. The van der Waals surface area contributed by atoms with Crippen LogP contribution in [0.3, 0.4) is 0 Å². The zero-order chi connectivity index (χ0) is 19.8. The zero-order valence-electron chi connectivity index (χ0n) is 17.0. The van der Waals surface area contributed by atoms with Crippen molar-refractivity contribution < 1.29 is 9.47 Å². The van der Waals surface area contributed by atoms with Gasteiger partial charge in [0, 0.05) is 23.3 Å². The highest BCUT2D eigenvalue weighted by Crippen LogP contribution is 2.42. The molecule has 0 saturated carbocycles. The van der Waals surface area contributed by atoms with Crippen molar-refractivity contribution in [1.29, 1.82) is 0 Å². The number of ether oxygens (including phenoxy) is 2. The van der Waals surface area contributed by atoms with Crippen LogP contribution in [0.1, 0.15) is 11.3 Å². The van der Waals surface area contributed by atoms with E-state index in [1.54, 1.807) is 7.11 Å². The van der Waals surface area contributed by atoms with Crippen LogP contribution in [-0.2, 0) is 6.42 Å². The van der Waals surface area contributed by atoms with E-state index in [1.165, 1.54) is 11.3 Å². The molecule has 1 aliphatic heterocycles. The van der Waals surface area contributed by atoms with E-state index in [9.17, 15) is 0 Å². The van der Waals surface area contributed by atoms with Crippen molar-refractivity contribution in [1.82, 2.24) is 4.98 Å². The van der Waals surface area contributed by atoms with Gasteiger partial charge in [-0.05, 0) is 73.5 Å². The minimum absolute atomic E-state index is 0. The van der Waals surface area contributed by atoms with Gasteiger partial charge in [0.25, 0.3) is 0 Å². The number of aryl methyl sites for hydroxylation is 1. The van der Waals surface area contributed by atoms with Crippen molar-refractivity contribution >= 4 is 34.7 Å². The Morgan fingerprint density at radius 1 is 0.867 bits per heavy atom. The summed E-state index contributed by atoms with van der Waals surface area (Å²) >= 11 is 0. The van der Waals surface area contributed by atoms with Gasteiger partial charge in [0.05, 0.1) is 18.3 Å². The quantitative estimate of drug-likeness (QED) is 0.381. The topological polar surface area (TPSA) is 34.6 Å². The fourth-order valence-corrected chi connectivity index (χ4v) is 4.03. The molecule has 0 saturated heterocycles. The molecule has 5 rings (SSSR count). The second-order valence-electron chi connectivity index (χ2n) is 7.22. The van der Waals surface area contributed by atoms with E-state index in [1.807, 2.05) is 54.6 Å². The van der Waals surface area contributed by atoms with Crippen molar-refractivity contribution in [3.63, 3.8) is 0 Å². The third-order valence-electron chi connectivity index (χ3n) is 5.45. The van der Waals surface area contributed by atoms with Gasteiger partial charge in [-0.2, -0.15) is 0 Å². The molecule has 30 heavy (non-hydrogen) atoms. The number of anilines is 2. The van der Waals surface area contributed by atoms with E-state index in [4.69, 9.17) is 14.5 Å². The second kappa shape index (κ2) is 8.25. The molecule has 1 aromatic heterocycles. The summed E-state index contributed by atoms with van der Waals surface area (Å²) in [7, 11) is 1.70. The third-order valence-corrected chi connectivity index (χ3v) is 5.45. The second-order valence-corrected chi connectivity index (χ2v) is 7.22. The molecule has 0 unspecified atom stereocenters. The molecule has 5 heteroatoms. The zero-order valence-corrected chi connectivity index (χ0v) is 17.8. The summed E-state index contributed by atoms with van der Waals surface area (Å²) in [5, 5.41) is 1.13. The Morgan fingerprint density at radius 2 is 1.57 bits per heavy atom. The molecule has 0 fully saturated rings. The lowest BCUT2D eigenvalue weighted by molar-refractivity contribution is 0.415. The lowest BCUT2D eigenvalue weighted by Gasteiger charge is -2.22. The average molecular weight is 419 g/mol. The standard InChI is InChI=1S/C25H22N2O2.ClH/c1-17-22-14-15-27(25(22)23-16-21(28-2)12-13-24(23)26-17)18-8-10-20(11-9-18)29-19-6-4-3-5-7-19;/h3-13,16H,14-15H2,1-2H3;1H. The predicted molar refractivity (Wildman–Crippen MR) is 124 cm³/mol. The number of methoxy groups -OCH3 is 1. The Morgan fingerprint density at radius 3 is 2.30 bits per heavy atom. The Balaban J connectivity index is 0.00000218. The molecule has 1 aliphatic rings. The number of para-hydroxylation sites is 1. The Kier molecular flexibility index (Phi) is 5.51. The summed E-state index contributed by atoms with van der Waals surface area (Å²) in [6, 6.07) is 24.2. The Hall–Kier alpha value is -3.24. The monoisotopic (exact) mass is 418 g/mol. The minimum Gasteiger partial charge on any atom is -0.497 e. The molecule has 4 nitrogen and oxygen atoms in total. The van der Waals surface area contributed by atoms with Gasteiger partial charge in [0.2, 0.25) is 0 Å². The molecule has 0 N–H and O–H groups in total. The predicted octanol–water partition coefficient (Wildman–Crippen LogP) is 6.46. The maximum Gasteiger partial charge on any atom is 0.127 e. The summed E-state index contributed by atoms with van der Waals surface area (Å²) in [5.74, 6) is 2.52. The number of hydrogen-bond acceptors (Lipinski definition) is 4. The van der Waals surface area contributed by atoms with Crippen LogP contribution in [0.25, 0.3) is 10.9 Å². The number of fused-ring (bicyclic) bond motifs is 3. The smallest absolute Gasteiger partial charge is 0.127 e. The average Bonchev–Trinajstić information content (AvgIpc) is 3.21. The number of benzene rings is 3. The normalized spacial score (nSPS) is 12.4. The van der Waals surface area contributed by atoms with E-state index in [-0.39, 0.29) is 12.4 Å². The van der Waals surface area contributed by atoms with E-state index in [0.29, 0.717) is 0 Å². The van der Waals surface area contributed by atoms with Gasteiger partial charge in [-0.15, -0.1) is 12.4 Å². The highest BCUT2D eigenvalue weighted by atomic mass is 35.5. The third kappa shape index (κ3) is 3.55. The number of nitrogens with zero attached hydrogens (tertiary/aromatic N) is 2. The van der Waals surface area contributed by atoms with Gasteiger partial charge in [0.1, 0.15) is 17.2 Å². The van der Waals surface area contributed by atoms with Gasteiger partial charge >= 0.3 is 0 Å². The maximum atomic E-state index is 5.94. The summed E-state index contributed by atoms with van der Waals surface area (Å²) in [4.78, 5) is 7.18. The van der Waals surface area contributed by atoms with Crippen LogP contribution >= 0.6 is 12.4 Å². The molecule has 0 atom stereocenters. The molecule has 0 aliphatic carbocycles. The fourth-order valence-electron chi connectivity index (χ4n) is 4.03. The molecule has 0 amide bonds. The molecule has 0 spiro atoms. The van der Waals surface area contributed by atoms with Gasteiger partial charge in [-0.3, -0.25) is 4.98 Å². The first kappa shape index (κ1) is 20.0. The Labute approximate surface area is 182 Å². The van der Waals surface area contributed by atoms with Gasteiger partial charge < -0.3 is 14.4 Å². The van der Waals surface area contributed by atoms with Crippen LogP contribution in [0.15, 0.2) is 72.8 Å². The van der Waals surface area contributed by atoms with E-state index in [0.717, 1.165) is 52.5 Å². The first-order valence-electron chi connectivity index (χ1n) is 9.80. The first-order valence-corrected chi connectivity index (χ1v) is 9.80. The van der Waals surface area contributed by atoms with Crippen molar-refractivity contribution in [3.05, 3.63) is 84.1 Å². The Bertz CT molecular complexity index is 1180. The molecule has 2 heterocycles. The summed E-state index contributed by atoms with van der Waals surface area (Å²) in [5.41, 5.74) is 5.81. The van der Waals surface area contributed by atoms with Gasteiger partial charge in [0.15, 0.2) is 0 Å². The molecule has 0 radical (unpaired) electrons. The summed E-state index contributed by atoms with van der Waals surface area (Å²) in [6.45, 7) is 3.04. The van der Waals surface area contributed by atoms with Crippen LogP contribution < -0.4 is 14.4 Å². The first-order chi connectivity index (χ1) is 14.2.